The molecule has 0 fully saturated rings. The van der Waals surface area contributed by atoms with E-state index in [1.165, 1.54) is 29.2 Å². The molecule has 40 heavy (non-hydrogen) atoms. The van der Waals surface area contributed by atoms with Crippen molar-refractivity contribution in [3.8, 4) is 0 Å². The predicted molar refractivity (Wildman–Crippen MR) is 157 cm³/mol. The summed E-state index contributed by atoms with van der Waals surface area (Å²) in [5.74, 6) is -1.12. The highest BCUT2D eigenvalue weighted by Crippen LogP contribution is 2.25. The van der Waals surface area contributed by atoms with Crippen molar-refractivity contribution in [1.29, 1.82) is 0 Å². The van der Waals surface area contributed by atoms with Crippen molar-refractivity contribution < 1.29 is 22.4 Å². The Morgan fingerprint density at radius 2 is 1.62 bits per heavy atom. The van der Waals surface area contributed by atoms with Crippen molar-refractivity contribution >= 4 is 50.7 Å². The van der Waals surface area contributed by atoms with Crippen LogP contribution in [0.15, 0.2) is 72.8 Å². The normalized spacial score (nSPS) is 12.0. The summed E-state index contributed by atoms with van der Waals surface area (Å²) in [6.07, 6.45) is 1.48. The molecule has 0 aliphatic rings. The van der Waals surface area contributed by atoms with Crippen molar-refractivity contribution in [1.82, 2.24) is 10.2 Å². The number of rotatable bonds is 13. The lowest BCUT2D eigenvalue weighted by Crippen LogP contribution is -2.50. The third-order valence-corrected chi connectivity index (χ3v) is 8.16. The van der Waals surface area contributed by atoms with Gasteiger partial charge in [0, 0.05) is 32.5 Å². The van der Waals surface area contributed by atoms with E-state index in [9.17, 15) is 22.4 Å². The second-order valence-corrected chi connectivity index (χ2v) is 12.0. The zero-order valence-electron chi connectivity index (χ0n) is 22.3. The molecule has 0 saturated heterocycles. The van der Waals surface area contributed by atoms with Crippen LogP contribution < -0.4 is 9.62 Å². The molecular weight excluding hydrogens is 576 g/mol. The fourth-order valence-electron chi connectivity index (χ4n) is 4.29. The van der Waals surface area contributed by atoms with Gasteiger partial charge < -0.3 is 10.2 Å². The molecule has 214 valence electrons. The van der Waals surface area contributed by atoms with Crippen LogP contribution in [0.1, 0.15) is 30.9 Å². The molecule has 3 rings (SSSR count). The smallest absolute Gasteiger partial charge is 0.243 e. The fraction of sp³-hybridized carbons (Fsp3) is 0.310. The van der Waals surface area contributed by atoms with E-state index >= 15 is 0 Å². The van der Waals surface area contributed by atoms with E-state index in [1.54, 1.807) is 25.1 Å². The number of hydrogen-bond donors (Lipinski definition) is 1. The summed E-state index contributed by atoms with van der Waals surface area (Å²) < 4.78 is 39.5. The van der Waals surface area contributed by atoms with Gasteiger partial charge in [0.15, 0.2) is 0 Å². The number of nitrogens with one attached hydrogen (secondary N) is 1. The quantitative estimate of drug-likeness (QED) is 0.280. The first kappa shape index (κ1) is 31.4. The van der Waals surface area contributed by atoms with E-state index in [2.05, 4.69) is 5.32 Å². The number of halogens is 3. The van der Waals surface area contributed by atoms with E-state index in [1.807, 2.05) is 30.3 Å². The zero-order valence-corrected chi connectivity index (χ0v) is 24.6. The number of sulfonamides is 1. The van der Waals surface area contributed by atoms with E-state index < -0.39 is 21.9 Å². The maximum Gasteiger partial charge on any atom is 0.243 e. The molecule has 11 heteroatoms. The van der Waals surface area contributed by atoms with E-state index in [-0.39, 0.29) is 44.2 Å². The van der Waals surface area contributed by atoms with E-state index in [0.717, 1.165) is 16.1 Å². The van der Waals surface area contributed by atoms with Gasteiger partial charge >= 0.3 is 0 Å². The summed E-state index contributed by atoms with van der Waals surface area (Å²) in [6, 6.07) is 18.7. The third kappa shape index (κ3) is 8.94. The lowest BCUT2D eigenvalue weighted by molar-refractivity contribution is -0.141. The van der Waals surface area contributed by atoms with Gasteiger partial charge in [-0.15, -0.1) is 0 Å². The molecule has 0 saturated carbocycles. The average Bonchev–Trinajstić information content (AvgIpc) is 2.91. The fourth-order valence-corrected chi connectivity index (χ4v) is 5.58. The van der Waals surface area contributed by atoms with Gasteiger partial charge in [-0.2, -0.15) is 0 Å². The maximum absolute atomic E-state index is 13.7. The highest BCUT2D eigenvalue weighted by Gasteiger charge is 2.30. The lowest BCUT2D eigenvalue weighted by Gasteiger charge is -2.32. The molecule has 0 aliphatic heterocycles. The molecule has 1 N–H and O–H groups in total. The molecule has 0 spiro atoms. The van der Waals surface area contributed by atoms with Gasteiger partial charge in [-0.3, -0.25) is 13.9 Å². The molecular formula is C29H32Cl2FN3O4S. The number of nitrogens with zero attached hydrogens (tertiary/aromatic N) is 2. The van der Waals surface area contributed by atoms with Gasteiger partial charge in [0.05, 0.1) is 22.0 Å². The van der Waals surface area contributed by atoms with Crippen molar-refractivity contribution in [2.45, 2.75) is 38.8 Å². The summed E-state index contributed by atoms with van der Waals surface area (Å²) in [6.45, 7) is 2.29. The summed E-state index contributed by atoms with van der Waals surface area (Å²) in [5.41, 5.74) is 1.87. The Morgan fingerprint density at radius 1 is 0.950 bits per heavy atom. The lowest BCUT2D eigenvalue weighted by atomic mass is 10.0. The van der Waals surface area contributed by atoms with Crippen molar-refractivity contribution in [3.05, 3.63) is 99.8 Å². The van der Waals surface area contributed by atoms with Gasteiger partial charge in [-0.1, -0.05) is 59.6 Å². The summed E-state index contributed by atoms with van der Waals surface area (Å²) >= 11 is 12.3. The molecule has 3 aromatic carbocycles. The van der Waals surface area contributed by atoms with E-state index in [0.29, 0.717) is 27.8 Å². The van der Waals surface area contributed by atoms with Crippen LogP contribution in [-0.2, 0) is 32.6 Å². The number of amides is 2. The van der Waals surface area contributed by atoms with Gasteiger partial charge in [-0.25, -0.2) is 12.8 Å². The molecule has 0 bridgehead atoms. The Hall–Kier alpha value is -3.14. The summed E-state index contributed by atoms with van der Waals surface area (Å²) in [5, 5.41) is 3.53. The number of hydrogen-bond acceptors (Lipinski definition) is 4. The van der Waals surface area contributed by atoms with Gasteiger partial charge in [0.2, 0.25) is 21.8 Å². The van der Waals surface area contributed by atoms with Crippen LogP contribution in [-0.4, -0.2) is 50.5 Å². The minimum Gasteiger partial charge on any atom is -0.355 e. The Morgan fingerprint density at radius 3 is 2.23 bits per heavy atom. The van der Waals surface area contributed by atoms with Crippen LogP contribution in [0.2, 0.25) is 10.0 Å². The SMILES string of the molecule is CCNC(=O)[C@@H](Cc1ccccc1)N(Cc1ccc(Cl)c(Cl)c1)C(=O)CCCN(c1ccc(F)cc1)S(C)(=O)=O. The highest BCUT2D eigenvalue weighted by atomic mass is 35.5. The molecule has 7 nitrogen and oxygen atoms in total. The predicted octanol–water partition coefficient (Wildman–Crippen LogP) is 5.45. The number of carbonyl (C=O) groups excluding carboxylic acids is 2. The molecule has 0 aromatic heterocycles. The molecule has 2 amide bonds. The first-order chi connectivity index (χ1) is 19.0. The van der Waals surface area contributed by atoms with Crippen molar-refractivity contribution in [3.63, 3.8) is 0 Å². The zero-order chi connectivity index (χ0) is 29.3. The Balaban J connectivity index is 1.87. The second kappa shape index (κ2) is 14.5. The number of carbonyl (C=O) groups is 2. The highest BCUT2D eigenvalue weighted by molar-refractivity contribution is 7.92. The monoisotopic (exact) mass is 607 g/mol. The van der Waals surface area contributed by atoms with Gasteiger partial charge in [0.1, 0.15) is 11.9 Å². The molecule has 0 aliphatic carbocycles. The number of likely N-dealkylation sites (N-methyl/N-ethyl adjacent to an activating group) is 1. The minimum absolute atomic E-state index is 0.00132. The van der Waals surface area contributed by atoms with Crippen LogP contribution in [0.4, 0.5) is 10.1 Å². The van der Waals surface area contributed by atoms with Crippen LogP contribution in [0.3, 0.4) is 0 Å². The molecule has 0 unspecified atom stereocenters. The van der Waals surface area contributed by atoms with Crippen LogP contribution in [0, 0.1) is 5.82 Å². The summed E-state index contributed by atoms with van der Waals surface area (Å²) in [4.78, 5) is 28.5. The molecule has 0 heterocycles. The Kier molecular flexibility index (Phi) is 11.4. The number of benzene rings is 3. The maximum atomic E-state index is 13.7. The van der Waals surface area contributed by atoms with Crippen LogP contribution in [0.25, 0.3) is 0 Å². The molecule has 1 atom stereocenters. The van der Waals surface area contributed by atoms with Gasteiger partial charge in [0.25, 0.3) is 0 Å². The molecule has 0 radical (unpaired) electrons. The van der Waals surface area contributed by atoms with Crippen LogP contribution in [0.5, 0.6) is 0 Å². The Bertz CT molecular complexity index is 1410. The minimum atomic E-state index is -3.69. The average molecular weight is 609 g/mol. The standard InChI is InChI=1S/C29H32Cl2FN3O4S/c1-3-33-29(37)27(19-21-8-5-4-6-9-21)34(20-22-11-16-25(30)26(31)18-22)28(36)10-7-17-35(40(2,38)39)24-14-12-23(32)13-15-24/h4-6,8-9,11-16,18,27H,3,7,10,17,19-20H2,1-2H3,(H,33,37)/t27-/m1/s1. The first-order valence-corrected chi connectivity index (χ1v) is 15.4. The largest absolute Gasteiger partial charge is 0.355 e. The van der Waals surface area contributed by atoms with Crippen LogP contribution >= 0.6 is 23.2 Å². The first-order valence-electron chi connectivity index (χ1n) is 12.8. The van der Waals surface area contributed by atoms with Crippen molar-refractivity contribution in [2.75, 3.05) is 23.7 Å². The number of anilines is 1. The summed E-state index contributed by atoms with van der Waals surface area (Å²) in [7, 11) is -3.69. The second-order valence-electron chi connectivity index (χ2n) is 9.29. The Labute approximate surface area is 244 Å². The van der Waals surface area contributed by atoms with E-state index in [4.69, 9.17) is 23.2 Å². The van der Waals surface area contributed by atoms with Crippen molar-refractivity contribution in [2.24, 2.45) is 0 Å². The topological polar surface area (TPSA) is 86.8 Å². The van der Waals surface area contributed by atoms with Gasteiger partial charge in [-0.05, 0) is 60.9 Å². The third-order valence-electron chi connectivity index (χ3n) is 6.23. The molecule has 3 aromatic rings.